The van der Waals surface area contributed by atoms with E-state index in [4.69, 9.17) is 0 Å². The summed E-state index contributed by atoms with van der Waals surface area (Å²) in [7, 11) is 0. The van der Waals surface area contributed by atoms with Gasteiger partial charge in [0, 0.05) is 5.54 Å². The Morgan fingerprint density at radius 2 is 1.84 bits per heavy atom. The van der Waals surface area contributed by atoms with Crippen LogP contribution in [0, 0.1) is 17.7 Å². The van der Waals surface area contributed by atoms with Gasteiger partial charge in [-0.1, -0.05) is 26.0 Å². The summed E-state index contributed by atoms with van der Waals surface area (Å²) in [6.45, 7) is 12.0. The fraction of sp³-hybridized carbons (Fsp3) is 0.625. The van der Waals surface area contributed by atoms with Gasteiger partial charge >= 0.3 is 0 Å². The molecule has 0 fully saturated rings. The monoisotopic (exact) mass is 329 g/mol. The maximum atomic E-state index is 13.5. The molecule has 3 heteroatoms. The number of nitrogens with one attached hydrogen (secondary N) is 1. The molecular formula is C16H25BrFN. The Hall–Kier alpha value is -0.410. The van der Waals surface area contributed by atoms with Crippen molar-refractivity contribution in [3.63, 3.8) is 0 Å². The van der Waals surface area contributed by atoms with Crippen LogP contribution in [0.3, 0.4) is 0 Å². The summed E-state index contributed by atoms with van der Waals surface area (Å²) in [5.41, 5.74) is 1.20. The van der Waals surface area contributed by atoms with Crippen LogP contribution >= 0.6 is 15.9 Å². The van der Waals surface area contributed by atoms with Crippen molar-refractivity contribution in [1.29, 1.82) is 0 Å². The average Bonchev–Trinajstić information content (AvgIpc) is 2.31. The highest BCUT2D eigenvalue weighted by molar-refractivity contribution is 9.10. The quantitative estimate of drug-likeness (QED) is 0.818. The zero-order valence-electron chi connectivity index (χ0n) is 12.6. The Labute approximate surface area is 125 Å². The van der Waals surface area contributed by atoms with Crippen molar-refractivity contribution in [2.45, 2.75) is 46.6 Å². The van der Waals surface area contributed by atoms with E-state index in [9.17, 15) is 4.39 Å². The first kappa shape index (κ1) is 16.6. The number of benzene rings is 1. The zero-order valence-corrected chi connectivity index (χ0v) is 14.1. The maximum absolute atomic E-state index is 13.5. The van der Waals surface area contributed by atoms with E-state index in [0.717, 1.165) is 18.5 Å². The predicted octanol–water partition coefficient (Wildman–Crippen LogP) is 4.79. The van der Waals surface area contributed by atoms with Crippen molar-refractivity contribution in [3.8, 4) is 0 Å². The minimum absolute atomic E-state index is 0.146. The van der Waals surface area contributed by atoms with Gasteiger partial charge in [0.2, 0.25) is 0 Å². The molecule has 0 amide bonds. The van der Waals surface area contributed by atoms with E-state index in [1.165, 1.54) is 6.07 Å². The van der Waals surface area contributed by atoms with Crippen LogP contribution in [0.15, 0.2) is 22.7 Å². The highest BCUT2D eigenvalue weighted by Crippen LogP contribution is 2.25. The Balaban J connectivity index is 2.59. The van der Waals surface area contributed by atoms with Crippen molar-refractivity contribution < 1.29 is 4.39 Å². The van der Waals surface area contributed by atoms with Crippen LogP contribution in [0.2, 0.25) is 0 Å². The topological polar surface area (TPSA) is 12.0 Å². The highest BCUT2D eigenvalue weighted by atomic mass is 79.9. The minimum Gasteiger partial charge on any atom is -0.312 e. The van der Waals surface area contributed by atoms with Crippen LogP contribution in [-0.2, 0) is 6.42 Å². The van der Waals surface area contributed by atoms with Gasteiger partial charge in [-0.2, -0.15) is 0 Å². The summed E-state index contributed by atoms with van der Waals surface area (Å²) < 4.78 is 14.1. The van der Waals surface area contributed by atoms with Gasteiger partial charge < -0.3 is 5.32 Å². The Bertz CT molecular complexity index is 412. The lowest BCUT2D eigenvalue weighted by atomic mass is 9.89. The number of hydrogen-bond donors (Lipinski definition) is 1. The van der Waals surface area contributed by atoms with Gasteiger partial charge in [0.15, 0.2) is 0 Å². The number of rotatable bonds is 5. The van der Waals surface area contributed by atoms with Gasteiger partial charge in [-0.05, 0) is 73.1 Å². The standard InChI is InChI=1S/C16H25BrFN/c1-11(12(2)10-19-16(3,4)5)9-13-7-6-8-14(18)15(13)17/h6-8,11-12,19H,9-10H2,1-5H3. The largest absolute Gasteiger partial charge is 0.312 e. The van der Waals surface area contributed by atoms with Crippen LogP contribution in [0.25, 0.3) is 0 Å². The lowest BCUT2D eigenvalue weighted by Gasteiger charge is -2.27. The van der Waals surface area contributed by atoms with E-state index in [-0.39, 0.29) is 11.4 Å². The van der Waals surface area contributed by atoms with Crippen molar-refractivity contribution >= 4 is 15.9 Å². The van der Waals surface area contributed by atoms with Crippen LogP contribution in [-0.4, -0.2) is 12.1 Å². The maximum Gasteiger partial charge on any atom is 0.137 e. The zero-order chi connectivity index (χ0) is 14.6. The predicted molar refractivity (Wildman–Crippen MR) is 83.9 cm³/mol. The Morgan fingerprint density at radius 3 is 2.42 bits per heavy atom. The molecule has 2 atom stereocenters. The third kappa shape index (κ3) is 5.62. The van der Waals surface area contributed by atoms with Crippen LogP contribution < -0.4 is 5.32 Å². The fourth-order valence-corrected chi connectivity index (χ4v) is 2.35. The first-order chi connectivity index (χ1) is 8.70. The summed E-state index contributed by atoms with van der Waals surface area (Å²) in [6, 6.07) is 5.26. The molecule has 1 aromatic carbocycles. The summed E-state index contributed by atoms with van der Waals surface area (Å²) >= 11 is 3.34. The minimum atomic E-state index is -0.176. The number of halogens is 2. The molecule has 1 N–H and O–H groups in total. The molecule has 2 unspecified atom stereocenters. The summed E-state index contributed by atoms with van der Waals surface area (Å²) in [5.74, 6) is 0.882. The second kappa shape index (κ2) is 6.85. The first-order valence-corrected chi connectivity index (χ1v) is 7.68. The number of hydrogen-bond acceptors (Lipinski definition) is 1. The molecule has 0 aliphatic rings. The third-order valence-electron chi connectivity index (χ3n) is 3.50. The van der Waals surface area contributed by atoms with Gasteiger partial charge in [-0.15, -0.1) is 0 Å². The first-order valence-electron chi connectivity index (χ1n) is 6.88. The van der Waals surface area contributed by atoms with E-state index in [1.807, 2.05) is 6.07 Å². The molecule has 108 valence electrons. The van der Waals surface area contributed by atoms with Crippen LogP contribution in [0.1, 0.15) is 40.2 Å². The molecule has 0 aliphatic heterocycles. The normalized spacial score (nSPS) is 15.3. The molecule has 0 aliphatic carbocycles. The molecule has 0 saturated heterocycles. The van der Waals surface area contributed by atoms with Gasteiger partial charge in [0.25, 0.3) is 0 Å². The molecule has 0 saturated carbocycles. The second-order valence-corrected chi connectivity index (χ2v) is 7.30. The fourth-order valence-electron chi connectivity index (χ4n) is 1.92. The molecule has 0 spiro atoms. The molecule has 0 heterocycles. The molecule has 1 nitrogen and oxygen atoms in total. The van der Waals surface area contributed by atoms with E-state index in [1.54, 1.807) is 6.07 Å². The highest BCUT2D eigenvalue weighted by Gasteiger charge is 2.17. The summed E-state index contributed by atoms with van der Waals surface area (Å²) in [6.07, 6.45) is 0.894. The van der Waals surface area contributed by atoms with Crippen LogP contribution in [0.4, 0.5) is 4.39 Å². The van der Waals surface area contributed by atoms with E-state index in [0.29, 0.717) is 16.3 Å². The molecule has 0 radical (unpaired) electrons. The molecular weight excluding hydrogens is 305 g/mol. The second-order valence-electron chi connectivity index (χ2n) is 6.50. The Morgan fingerprint density at radius 1 is 1.21 bits per heavy atom. The lowest BCUT2D eigenvalue weighted by molar-refractivity contribution is 0.317. The van der Waals surface area contributed by atoms with Gasteiger partial charge in [-0.25, -0.2) is 4.39 Å². The van der Waals surface area contributed by atoms with Crippen LogP contribution in [0.5, 0.6) is 0 Å². The van der Waals surface area contributed by atoms with Crippen molar-refractivity contribution in [1.82, 2.24) is 5.32 Å². The molecule has 0 aromatic heterocycles. The molecule has 0 bridgehead atoms. The van der Waals surface area contributed by atoms with E-state index in [2.05, 4.69) is 55.9 Å². The Kier molecular flexibility index (Phi) is 6.00. The van der Waals surface area contributed by atoms with Gasteiger partial charge in [-0.3, -0.25) is 0 Å². The average molecular weight is 330 g/mol. The lowest BCUT2D eigenvalue weighted by Crippen LogP contribution is -2.40. The van der Waals surface area contributed by atoms with Gasteiger partial charge in [0.1, 0.15) is 5.82 Å². The summed E-state index contributed by atoms with van der Waals surface area (Å²) in [4.78, 5) is 0. The summed E-state index contributed by atoms with van der Waals surface area (Å²) in [5, 5.41) is 3.53. The SMILES string of the molecule is CC(CNC(C)(C)C)C(C)Cc1cccc(F)c1Br. The molecule has 19 heavy (non-hydrogen) atoms. The molecule has 1 rings (SSSR count). The van der Waals surface area contributed by atoms with E-state index < -0.39 is 0 Å². The van der Waals surface area contributed by atoms with Gasteiger partial charge in [0.05, 0.1) is 4.47 Å². The molecule has 1 aromatic rings. The van der Waals surface area contributed by atoms with Crippen molar-refractivity contribution in [3.05, 3.63) is 34.1 Å². The van der Waals surface area contributed by atoms with E-state index >= 15 is 0 Å². The third-order valence-corrected chi connectivity index (χ3v) is 4.39. The van der Waals surface area contributed by atoms with Crippen molar-refractivity contribution in [2.24, 2.45) is 11.8 Å². The van der Waals surface area contributed by atoms with Crippen molar-refractivity contribution in [2.75, 3.05) is 6.54 Å². The smallest absolute Gasteiger partial charge is 0.137 e.